The monoisotopic (exact) mass is 327 g/mol. The van der Waals surface area contributed by atoms with E-state index >= 15 is 0 Å². The molecule has 1 amide bonds. The number of hydrogen-bond donors (Lipinski definition) is 0. The third kappa shape index (κ3) is 2.68. The first kappa shape index (κ1) is 15.5. The molecule has 1 fully saturated rings. The molecule has 1 aliphatic heterocycles. The van der Waals surface area contributed by atoms with Gasteiger partial charge >= 0.3 is 11.1 Å². The van der Waals surface area contributed by atoms with Crippen LogP contribution in [-0.4, -0.2) is 22.8 Å². The summed E-state index contributed by atoms with van der Waals surface area (Å²) in [6.07, 6.45) is 0.758. The van der Waals surface area contributed by atoms with Gasteiger partial charge in [-0.25, -0.2) is 0 Å². The summed E-state index contributed by atoms with van der Waals surface area (Å²) in [6.45, 7) is 2.42. The fourth-order valence-electron chi connectivity index (χ4n) is 2.72. The quantitative estimate of drug-likeness (QED) is 0.807. The van der Waals surface area contributed by atoms with Crippen LogP contribution < -0.4 is 0 Å². The molecule has 1 aliphatic rings. The fourth-order valence-corrected chi connectivity index (χ4v) is 2.94. The average molecular weight is 327 g/mol. The van der Waals surface area contributed by atoms with Gasteiger partial charge in [-0.05, 0) is 6.42 Å². The molecule has 0 aliphatic carbocycles. The molecule has 0 unspecified atom stereocenters. The lowest BCUT2D eigenvalue weighted by atomic mass is 9.84. The Labute approximate surface area is 140 Å². The summed E-state index contributed by atoms with van der Waals surface area (Å²) in [5.41, 5.74) is 0.137. The lowest BCUT2D eigenvalue weighted by Crippen LogP contribution is -2.55. The number of hydrogen-bond acceptors (Lipinski definition) is 4. The van der Waals surface area contributed by atoms with E-state index in [0.29, 0.717) is 6.54 Å². The Morgan fingerprint density at radius 1 is 1.00 bits per heavy atom. The summed E-state index contributed by atoms with van der Waals surface area (Å²) in [5, 5.41) is 1.25. The van der Waals surface area contributed by atoms with Crippen LogP contribution in [-0.2, 0) is 20.0 Å². The number of rotatable bonds is 4. The summed E-state index contributed by atoms with van der Waals surface area (Å²) in [4.78, 5) is 18.5. The van der Waals surface area contributed by atoms with Crippen LogP contribution in [0.15, 0.2) is 60.7 Å². The summed E-state index contributed by atoms with van der Waals surface area (Å²) in [6, 6.07) is 18.7. The molecule has 0 N–H and O–H groups in total. The number of thiocarbonyl (C=S) groups is 1. The van der Waals surface area contributed by atoms with E-state index in [-0.39, 0.29) is 11.1 Å². The first-order valence-electron chi connectivity index (χ1n) is 7.52. The zero-order chi connectivity index (χ0) is 16.3. The van der Waals surface area contributed by atoms with E-state index in [1.807, 2.05) is 67.6 Å². The van der Waals surface area contributed by atoms with Crippen LogP contribution in [0.4, 0.5) is 0 Å². The van der Waals surface area contributed by atoms with Crippen molar-refractivity contribution in [2.24, 2.45) is 0 Å². The first-order valence-corrected chi connectivity index (χ1v) is 7.93. The SMILES string of the molecule is CCCN1OC(=S)OC(c2ccccc2)(c2ccccc2)C1=O. The molecule has 0 bridgehead atoms. The van der Waals surface area contributed by atoms with Crippen molar-refractivity contribution in [3.05, 3.63) is 71.8 Å². The maximum Gasteiger partial charge on any atom is 0.379 e. The fraction of sp³-hybridized carbons (Fsp3) is 0.222. The highest BCUT2D eigenvalue weighted by Gasteiger charge is 2.52. The molecule has 0 radical (unpaired) electrons. The number of carbonyl (C=O) groups excluding carboxylic acids is 1. The Balaban J connectivity index is 2.19. The van der Waals surface area contributed by atoms with Crippen LogP contribution in [0.5, 0.6) is 0 Å². The second-order valence-electron chi connectivity index (χ2n) is 5.26. The minimum Gasteiger partial charge on any atom is -0.428 e. The second kappa shape index (κ2) is 6.38. The van der Waals surface area contributed by atoms with Gasteiger partial charge in [0.2, 0.25) is 5.60 Å². The van der Waals surface area contributed by atoms with Crippen molar-refractivity contribution < 1.29 is 14.4 Å². The normalized spacial score (nSPS) is 16.7. The van der Waals surface area contributed by atoms with Crippen molar-refractivity contribution in [1.29, 1.82) is 0 Å². The van der Waals surface area contributed by atoms with Crippen molar-refractivity contribution >= 4 is 23.4 Å². The number of benzene rings is 2. The van der Waals surface area contributed by atoms with E-state index in [9.17, 15) is 4.79 Å². The lowest BCUT2D eigenvalue weighted by molar-refractivity contribution is -0.201. The minimum atomic E-state index is -1.31. The first-order chi connectivity index (χ1) is 11.2. The third-order valence-corrected chi connectivity index (χ3v) is 3.89. The van der Waals surface area contributed by atoms with Crippen molar-refractivity contribution in [3.63, 3.8) is 0 Å². The van der Waals surface area contributed by atoms with Gasteiger partial charge in [0.1, 0.15) is 0 Å². The largest absolute Gasteiger partial charge is 0.428 e. The third-order valence-electron chi connectivity index (χ3n) is 3.74. The molecule has 1 heterocycles. The van der Waals surface area contributed by atoms with Crippen LogP contribution >= 0.6 is 12.2 Å². The van der Waals surface area contributed by atoms with Gasteiger partial charge in [0.25, 0.3) is 0 Å². The smallest absolute Gasteiger partial charge is 0.379 e. The van der Waals surface area contributed by atoms with Crippen LogP contribution in [0.2, 0.25) is 0 Å². The van der Waals surface area contributed by atoms with Gasteiger partial charge in [0, 0.05) is 23.3 Å². The van der Waals surface area contributed by atoms with Gasteiger partial charge in [0.15, 0.2) is 0 Å². The molecule has 4 nitrogen and oxygen atoms in total. The van der Waals surface area contributed by atoms with Gasteiger partial charge in [-0.3, -0.25) is 4.79 Å². The highest BCUT2D eigenvalue weighted by atomic mass is 32.1. The molecule has 0 spiro atoms. The Morgan fingerprint density at radius 3 is 2.00 bits per heavy atom. The van der Waals surface area contributed by atoms with E-state index in [2.05, 4.69) is 0 Å². The zero-order valence-electron chi connectivity index (χ0n) is 12.8. The summed E-state index contributed by atoms with van der Waals surface area (Å²) < 4.78 is 5.85. The van der Waals surface area contributed by atoms with E-state index in [1.54, 1.807) is 0 Å². The Kier molecular flexibility index (Phi) is 4.30. The van der Waals surface area contributed by atoms with Gasteiger partial charge < -0.3 is 9.57 Å². The zero-order valence-corrected chi connectivity index (χ0v) is 13.6. The van der Waals surface area contributed by atoms with Crippen molar-refractivity contribution in [2.45, 2.75) is 18.9 Å². The Hall–Kier alpha value is -2.40. The Bertz CT molecular complexity index is 663. The maximum absolute atomic E-state index is 13.2. The summed E-state index contributed by atoms with van der Waals surface area (Å²) >= 11 is 5.16. The second-order valence-corrected chi connectivity index (χ2v) is 5.60. The molecule has 23 heavy (non-hydrogen) atoms. The molecule has 2 aromatic rings. The molecule has 0 aromatic heterocycles. The van der Waals surface area contributed by atoms with Crippen LogP contribution in [0.1, 0.15) is 24.5 Å². The average Bonchev–Trinajstić information content (AvgIpc) is 2.59. The van der Waals surface area contributed by atoms with E-state index in [4.69, 9.17) is 21.8 Å². The number of carbonyl (C=O) groups is 1. The number of nitrogens with zero attached hydrogens (tertiary/aromatic N) is 1. The van der Waals surface area contributed by atoms with Crippen LogP contribution in [0.3, 0.4) is 0 Å². The van der Waals surface area contributed by atoms with E-state index < -0.39 is 5.60 Å². The van der Waals surface area contributed by atoms with Gasteiger partial charge in [-0.15, -0.1) is 0 Å². The minimum absolute atomic E-state index is 0.0502. The molecular formula is C18H17NO3S. The molecule has 3 rings (SSSR count). The van der Waals surface area contributed by atoms with Crippen molar-refractivity contribution in [2.75, 3.05) is 6.54 Å². The molecule has 5 heteroatoms. The summed E-state index contributed by atoms with van der Waals surface area (Å²) in [7, 11) is 0. The molecule has 118 valence electrons. The number of amides is 1. The Morgan fingerprint density at radius 2 is 1.52 bits per heavy atom. The van der Waals surface area contributed by atoms with Crippen LogP contribution in [0, 0.1) is 0 Å². The van der Waals surface area contributed by atoms with Crippen molar-refractivity contribution in [3.8, 4) is 0 Å². The maximum atomic E-state index is 13.2. The molecule has 0 saturated carbocycles. The lowest BCUT2D eigenvalue weighted by Gasteiger charge is -2.41. The van der Waals surface area contributed by atoms with Gasteiger partial charge in [-0.1, -0.05) is 67.6 Å². The predicted octanol–water partition coefficient (Wildman–Crippen LogP) is 3.42. The van der Waals surface area contributed by atoms with Crippen LogP contribution in [0.25, 0.3) is 0 Å². The molecule has 0 atom stereocenters. The molecular weight excluding hydrogens is 310 g/mol. The van der Waals surface area contributed by atoms with E-state index in [1.165, 1.54) is 5.06 Å². The predicted molar refractivity (Wildman–Crippen MR) is 90.4 cm³/mol. The highest BCUT2D eigenvalue weighted by molar-refractivity contribution is 7.79. The summed E-state index contributed by atoms with van der Waals surface area (Å²) in [5.74, 6) is -0.273. The molecule has 1 saturated heterocycles. The highest BCUT2D eigenvalue weighted by Crippen LogP contribution is 2.39. The number of ether oxygens (including phenoxy) is 1. The van der Waals surface area contributed by atoms with Gasteiger partial charge in [-0.2, -0.15) is 5.06 Å². The van der Waals surface area contributed by atoms with Gasteiger partial charge in [0.05, 0.1) is 6.54 Å². The van der Waals surface area contributed by atoms with E-state index in [0.717, 1.165) is 17.5 Å². The van der Waals surface area contributed by atoms with Crippen molar-refractivity contribution in [1.82, 2.24) is 5.06 Å². The molecule has 2 aromatic carbocycles. The topological polar surface area (TPSA) is 38.8 Å². The standard InChI is InChI=1S/C18H17NO3S/c1-2-13-19-16(20)18(21-17(23)22-19,14-9-5-3-6-10-14)15-11-7-4-8-12-15/h3-12H,2,13H2,1H3. The number of hydroxylamine groups is 2.